The fraction of sp³-hybridized carbons (Fsp3) is 0.647. The Morgan fingerprint density at radius 2 is 1.76 bits per heavy atom. The largest absolute Gasteiger partial charge is 0.309 e. The second-order valence-electron chi connectivity index (χ2n) is 5.90. The minimum absolute atomic E-state index is 0.211. The molecule has 120 valence electrons. The van der Waals surface area contributed by atoms with Gasteiger partial charge >= 0.3 is 0 Å². The van der Waals surface area contributed by atoms with Crippen molar-refractivity contribution in [2.45, 2.75) is 45.7 Å². The van der Waals surface area contributed by atoms with Crippen molar-refractivity contribution in [2.24, 2.45) is 5.92 Å². The van der Waals surface area contributed by atoms with Gasteiger partial charge in [0.25, 0.3) is 0 Å². The molecule has 0 aliphatic rings. The highest BCUT2D eigenvalue weighted by Gasteiger charge is 2.22. The first-order chi connectivity index (χ1) is 9.90. The average molecular weight is 298 g/mol. The van der Waals surface area contributed by atoms with Gasteiger partial charge in [0.2, 0.25) is 0 Å². The molecule has 0 bridgehead atoms. The van der Waals surface area contributed by atoms with Gasteiger partial charge in [-0.15, -0.1) is 0 Å². The Hall–Kier alpha value is -1.00. The SMILES string of the molecule is CCC(CC)C(CNC(C)c1cc(F)ccc1F)N(C)C. The van der Waals surface area contributed by atoms with Gasteiger partial charge in [-0.1, -0.05) is 26.7 Å². The molecule has 0 radical (unpaired) electrons. The Bertz CT molecular complexity index is 431. The molecule has 0 fully saturated rings. The molecule has 4 heteroatoms. The zero-order chi connectivity index (χ0) is 16.0. The summed E-state index contributed by atoms with van der Waals surface area (Å²) >= 11 is 0. The normalized spacial score (nSPS) is 14.7. The van der Waals surface area contributed by atoms with Crippen molar-refractivity contribution >= 4 is 0 Å². The molecule has 0 heterocycles. The molecule has 0 saturated heterocycles. The van der Waals surface area contributed by atoms with Crippen molar-refractivity contribution in [1.82, 2.24) is 10.2 Å². The zero-order valence-corrected chi connectivity index (χ0v) is 13.8. The van der Waals surface area contributed by atoms with E-state index in [-0.39, 0.29) is 11.9 Å². The van der Waals surface area contributed by atoms with E-state index in [4.69, 9.17) is 0 Å². The highest BCUT2D eigenvalue weighted by atomic mass is 19.1. The lowest BCUT2D eigenvalue weighted by Crippen LogP contribution is -2.43. The standard InChI is InChI=1S/C17H28F2N2/c1-6-13(7-2)17(21(4)5)11-20-12(3)15-10-14(18)8-9-16(15)19/h8-10,12-13,17,20H,6-7,11H2,1-5H3. The summed E-state index contributed by atoms with van der Waals surface area (Å²) in [5.74, 6) is -0.165. The molecule has 1 aromatic rings. The monoisotopic (exact) mass is 298 g/mol. The molecule has 0 amide bonds. The number of rotatable bonds is 8. The van der Waals surface area contributed by atoms with Gasteiger partial charge in [-0.3, -0.25) is 0 Å². The van der Waals surface area contributed by atoms with Crippen molar-refractivity contribution in [3.05, 3.63) is 35.4 Å². The molecular formula is C17H28F2N2. The number of halogens is 2. The van der Waals surface area contributed by atoms with Gasteiger partial charge in [0, 0.05) is 24.2 Å². The van der Waals surface area contributed by atoms with Crippen LogP contribution in [0, 0.1) is 17.6 Å². The van der Waals surface area contributed by atoms with E-state index in [0.29, 0.717) is 17.5 Å². The predicted molar refractivity (Wildman–Crippen MR) is 84.3 cm³/mol. The minimum atomic E-state index is -0.399. The average Bonchev–Trinajstić information content (AvgIpc) is 2.45. The van der Waals surface area contributed by atoms with Gasteiger partial charge in [-0.05, 0) is 45.1 Å². The van der Waals surface area contributed by atoms with E-state index in [9.17, 15) is 8.78 Å². The summed E-state index contributed by atoms with van der Waals surface area (Å²) in [7, 11) is 4.14. The molecule has 1 N–H and O–H groups in total. The van der Waals surface area contributed by atoms with Crippen molar-refractivity contribution in [3.8, 4) is 0 Å². The summed E-state index contributed by atoms with van der Waals surface area (Å²) in [6.07, 6.45) is 2.23. The summed E-state index contributed by atoms with van der Waals surface area (Å²) in [6.45, 7) is 7.02. The molecule has 0 aliphatic heterocycles. The first kappa shape index (κ1) is 18.1. The second kappa shape index (κ2) is 8.44. The van der Waals surface area contributed by atoms with Crippen LogP contribution in [0.3, 0.4) is 0 Å². The van der Waals surface area contributed by atoms with Crippen molar-refractivity contribution < 1.29 is 8.78 Å². The van der Waals surface area contributed by atoms with E-state index in [1.165, 1.54) is 12.1 Å². The Balaban J connectivity index is 2.73. The molecule has 1 rings (SSSR count). The van der Waals surface area contributed by atoms with Crippen molar-refractivity contribution in [2.75, 3.05) is 20.6 Å². The van der Waals surface area contributed by atoms with Crippen LogP contribution in [0.25, 0.3) is 0 Å². The summed E-state index contributed by atoms with van der Waals surface area (Å²) in [4.78, 5) is 2.21. The number of nitrogens with one attached hydrogen (secondary N) is 1. The lowest BCUT2D eigenvalue weighted by Gasteiger charge is -2.32. The quantitative estimate of drug-likeness (QED) is 0.781. The van der Waals surface area contributed by atoms with Gasteiger partial charge in [0.15, 0.2) is 0 Å². The Morgan fingerprint density at radius 1 is 1.14 bits per heavy atom. The maximum Gasteiger partial charge on any atom is 0.128 e. The molecule has 0 aliphatic carbocycles. The van der Waals surface area contributed by atoms with Crippen LogP contribution >= 0.6 is 0 Å². The zero-order valence-electron chi connectivity index (χ0n) is 13.8. The smallest absolute Gasteiger partial charge is 0.128 e. The molecule has 0 spiro atoms. The van der Waals surface area contributed by atoms with E-state index in [1.807, 2.05) is 6.92 Å². The number of benzene rings is 1. The molecule has 21 heavy (non-hydrogen) atoms. The van der Waals surface area contributed by atoms with E-state index in [2.05, 4.69) is 38.2 Å². The molecule has 0 aromatic heterocycles. The van der Waals surface area contributed by atoms with E-state index in [1.54, 1.807) is 0 Å². The van der Waals surface area contributed by atoms with Crippen LogP contribution in [-0.2, 0) is 0 Å². The highest BCUT2D eigenvalue weighted by molar-refractivity contribution is 5.21. The van der Waals surface area contributed by atoms with Crippen LogP contribution in [0.2, 0.25) is 0 Å². The van der Waals surface area contributed by atoms with E-state index >= 15 is 0 Å². The molecule has 0 saturated carbocycles. The Morgan fingerprint density at radius 3 is 2.29 bits per heavy atom. The number of hydrogen-bond acceptors (Lipinski definition) is 2. The third kappa shape index (κ3) is 5.04. The summed E-state index contributed by atoms with van der Waals surface area (Å²) in [5.41, 5.74) is 0.386. The van der Waals surface area contributed by atoms with E-state index < -0.39 is 5.82 Å². The molecular weight excluding hydrogens is 270 g/mol. The van der Waals surface area contributed by atoms with Gasteiger partial charge in [-0.25, -0.2) is 8.78 Å². The first-order valence-electron chi connectivity index (χ1n) is 7.75. The van der Waals surface area contributed by atoms with Crippen LogP contribution < -0.4 is 5.32 Å². The molecule has 2 unspecified atom stereocenters. The highest BCUT2D eigenvalue weighted by Crippen LogP contribution is 2.20. The van der Waals surface area contributed by atoms with E-state index in [0.717, 1.165) is 25.5 Å². The van der Waals surface area contributed by atoms with Crippen LogP contribution in [0.1, 0.15) is 45.2 Å². The van der Waals surface area contributed by atoms with Gasteiger partial charge in [0.1, 0.15) is 11.6 Å². The van der Waals surface area contributed by atoms with Crippen molar-refractivity contribution in [3.63, 3.8) is 0 Å². The first-order valence-corrected chi connectivity index (χ1v) is 7.75. The fourth-order valence-corrected chi connectivity index (χ4v) is 2.86. The maximum absolute atomic E-state index is 13.8. The third-order valence-corrected chi connectivity index (χ3v) is 4.31. The topological polar surface area (TPSA) is 15.3 Å². The number of likely N-dealkylation sites (N-methyl/N-ethyl adjacent to an activating group) is 1. The summed E-state index contributed by atoms with van der Waals surface area (Å²) in [5, 5.41) is 3.35. The number of nitrogens with zero attached hydrogens (tertiary/aromatic N) is 1. The molecule has 2 atom stereocenters. The van der Waals surface area contributed by atoms with Crippen LogP contribution in [0.15, 0.2) is 18.2 Å². The number of hydrogen-bond donors (Lipinski definition) is 1. The Labute approximate surface area is 127 Å². The summed E-state index contributed by atoms with van der Waals surface area (Å²) < 4.78 is 27.0. The second-order valence-corrected chi connectivity index (χ2v) is 5.90. The molecule has 1 aromatic carbocycles. The van der Waals surface area contributed by atoms with Gasteiger partial charge < -0.3 is 10.2 Å². The lowest BCUT2D eigenvalue weighted by molar-refractivity contribution is 0.190. The predicted octanol–water partition coefficient (Wildman–Crippen LogP) is 3.98. The fourth-order valence-electron chi connectivity index (χ4n) is 2.86. The molecule has 2 nitrogen and oxygen atoms in total. The van der Waals surface area contributed by atoms with Crippen LogP contribution in [0.4, 0.5) is 8.78 Å². The summed E-state index contributed by atoms with van der Waals surface area (Å²) in [6, 6.07) is 3.79. The lowest BCUT2D eigenvalue weighted by atomic mass is 9.93. The minimum Gasteiger partial charge on any atom is -0.309 e. The van der Waals surface area contributed by atoms with Gasteiger partial charge in [-0.2, -0.15) is 0 Å². The maximum atomic E-state index is 13.8. The Kier molecular flexibility index (Phi) is 7.26. The van der Waals surface area contributed by atoms with Crippen molar-refractivity contribution in [1.29, 1.82) is 0 Å². The van der Waals surface area contributed by atoms with Crippen LogP contribution in [-0.4, -0.2) is 31.6 Å². The van der Waals surface area contributed by atoms with Crippen LogP contribution in [0.5, 0.6) is 0 Å². The third-order valence-electron chi connectivity index (χ3n) is 4.31. The van der Waals surface area contributed by atoms with Gasteiger partial charge in [0.05, 0.1) is 0 Å².